The van der Waals surface area contributed by atoms with Crippen molar-refractivity contribution in [1.29, 1.82) is 0 Å². The van der Waals surface area contributed by atoms with Gasteiger partial charge in [0.25, 0.3) is 5.56 Å². The largest absolute Gasteiger partial charge is 0.573 e. The number of nitrogens with one attached hydrogen (secondary N) is 1. The van der Waals surface area contributed by atoms with E-state index in [1.807, 2.05) is 18.2 Å². The normalized spacial score (nSPS) is 11.7. The molecular formula is C20H14F3N3O2. The number of pyridine rings is 1. The Labute approximate surface area is 157 Å². The van der Waals surface area contributed by atoms with Gasteiger partial charge in [0.2, 0.25) is 0 Å². The van der Waals surface area contributed by atoms with E-state index in [1.165, 1.54) is 28.8 Å². The second-order valence-electron chi connectivity index (χ2n) is 6.21. The van der Waals surface area contributed by atoms with Crippen LogP contribution < -0.4 is 10.3 Å². The average molecular weight is 385 g/mol. The molecule has 2 heterocycles. The van der Waals surface area contributed by atoms with Gasteiger partial charge in [-0.15, -0.1) is 13.2 Å². The zero-order valence-electron chi connectivity index (χ0n) is 14.4. The Morgan fingerprint density at radius 3 is 2.64 bits per heavy atom. The highest BCUT2D eigenvalue weighted by Gasteiger charge is 2.32. The summed E-state index contributed by atoms with van der Waals surface area (Å²) >= 11 is 0. The van der Waals surface area contributed by atoms with Crippen LogP contribution in [0.4, 0.5) is 13.2 Å². The van der Waals surface area contributed by atoms with Crippen molar-refractivity contribution in [3.8, 4) is 16.9 Å². The molecule has 0 atom stereocenters. The van der Waals surface area contributed by atoms with Crippen molar-refractivity contribution in [2.45, 2.75) is 12.9 Å². The molecule has 5 nitrogen and oxygen atoms in total. The van der Waals surface area contributed by atoms with Gasteiger partial charge in [0.05, 0.1) is 18.3 Å². The summed E-state index contributed by atoms with van der Waals surface area (Å²) in [6, 6.07) is 14.5. The lowest BCUT2D eigenvalue weighted by molar-refractivity contribution is -0.274. The SMILES string of the molecule is O=c1ccc(-c2ccc3cn[nH]c3c2)cn1Cc1ccccc1OC(F)(F)F. The Bertz CT molecular complexity index is 1190. The summed E-state index contributed by atoms with van der Waals surface area (Å²) in [5.41, 5.74) is 2.38. The average Bonchev–Trinajstić information content (AvgIpc) is 3.11. The monoisotopic (exact) mass is 385 g/mol. The second kappa shape index (κ2) is 6.88. The van der Waals surface area contributed by atoms with Gasteiger partial charge in [-0.3, -0.25) is 9.89 Å². The van der Waals surface area contributed by atoms with E-state index in [4.69, 9.17) is 0 Å². The van der Waals surface area contributed by atoms with E-state index in [-0.39, 0.29) is 23.4 Å². The van der Waals surface area contributed by atoms with Crippen molar-refractivity contribution in [2.75, 3.05) is 0 Å². The van der Waals surface area contributed by atoms with Crippen molar-refractivity contribution in [1.82, 2.24) is 14.8 Å². The molecule has 2 aromatic heterocycles. The molecule has 0 spiro atoms. The first kappa shape index (κ1) is 17.8. The molecule has 0 amide bonds. The summed E-state index contributed by atoms with van der Waals surface area (Å²) in [6.07, 6.45) is -1.48. The van der Waals surface area contributed by atoms with Gasteiger partial charge in [-0.1, -0.05) is 30.3 Å². The van der Waals surface area contributed by atoms with Gasteiger partial charge in [0, 0.05) is 23.2 Å². The number of ether oxygens (including phenoxy) is 1. The number of para-hydroxylation sites is 1. The fourth-order valence-electron chi connectivity index (χ4n) is 2.98. The Morgan fingerprint density at radius 1 is 1.04 bits per heavy atom. The molecule has 0 aliphatic rings. The number of fused-ring (bicyclic) bond motifs is 1. The van der Waals surface area contributed by atoms with Crippen molar-refractivity contribution >= 4 is 10.9 Å². The minimum absolute atomic E-state index is 0.0504. The van der Waals surface area contributed by atoms with Gasteiger partial charge in [-0.05, 0) is 29.3 Å². The molecular weight excluding hydrogens is 371 g/mol. The van der Waals surface area contributed by atoms with Gasteiger partial charge in [0.15, 0.2) is 0 Å². The number of aromatic amines is 1. The zero-order valence-corrected chi connectivity index (χ0v) is 14.4. The number of alkyl halides is 3. The first-order chi connectivity index (χ1) is 13.4. The van der Waals surface area contributed by atoms with Crippen LogP contribution in [-0.2, 0) is 6.54 Å². The maximum Gasteiger partial charge on any atom is 0.573 e. The molecule has 0 saturated heterocycles. The lowest BCUT2D eigenvalue weighted by Crippen LogP contribution is -2.21. The summed E-state index contributed by atoms with van der Waals surface area (Å²) in [7, 11) is 0. The third kappa shape index (κ3) is 3.75. The van der Waals surface area contributed by atoms with Crippen molar-refractivity contribution < 1.29 is 17.9 Å². The smallest absolute Gasteiger partial charge is 0.405 e. The lowest BCUT2D eigenvalue weighted by atomic mass is 10.1. The molecule has 2 aromatic carbocycles. The van der Waals surface area contributed by atoms with Crippen LogP contribution in [0, 0.1) is 0 Å². The number of benzene rings is 2. The Hall–Kier alpha value is -3.55. The summed E-state index contributed by atoms with van der Waals surface area (Å²) < 4.78 is 43.3. The molecule has 0 unspecified atom stereocenters. The first-order valence-corrected chi connectivity index (χ1v) is 8.37. The molecule has 0 radical (unpaired) electrons. The maximum atomic E-state index is 12.6. The molecule has 0 aliphatic carbocycles. The van der Waals surface area contributed by atoms with Crippen LogP contribution in [0.2, 0.25) is 0 Å². The van der Waals surface area contributed by atoms with E-state index < -0.39 is 6.36 Å². The molecule has 4 rings (SSSR count). The van der Waals surface area contributed by atoms with E-state index >= 15 is 0 Å². The fraction of sp³-hybridized carbons (Fsp3) is 0.100. The number of aromatic nitrogens is 3. The molecule has 1 N–H and O–H groups in total. The van der Waals surface area contributed by atoms with Crippen LogP contribution in [0.1, 0.15) is 5.56 Å². The molecule has 8 heteroatoms. The van der Waals surface area contributed by atoms with E-state index in [9.17, 15) is 18.0 Å². The van der Waals surface area contributed by atoms with E-state index in [0.717, 1.165) is 22.0 Å². The fourth-order valence-corrected chi connectivity index (χ4v) is 2.98. The van der Waals surface area contributed by atoms with Crippen molar-refractivity contribution in [2.24, 2.45) is 0 Å². The molecule has 28 heavy (non-hydrogen) atoms. The van der Waals surface area contributed by atoms with E-state index in [0.29, 0.717) is 0 Å². The zero-order chi connectivity index (χ0) is 19.7. The molecule has 0 aliphatic heterocycles. The number of hydrogen-bond acceptors (Lipinski definition) is 3. The Balaban J connectivity index is 1.70. The molecule has 0 fully saturated rings. The molecule has 0 bridgehead atoms. The first-order valence-electron chi connectivity index (χ1n) is 8.37. The van der Waals surface area contributed by atoms with Crippen molar-refractivity contribution in [3.63, 3.8) is 0 Å². The number of rotatable bonds is 4. The highest BCUT2D eigenvalue weighted by Crippen LogP contribution is 2.27. The van der Waals surface area contributed by atoms with Gasteiger partial charge in [0.1, 0.15) is 5.75 Å². The summed E-state index contributed by atoms with van der Waals surface area (Å²) in [5.74, 6) is -0.328. The predicted molar refractivity (Wildman–Crippen MR) is 98.0 cm³/mol. The van der Waals surface area contributed by atoms with Crippen LogP contribution in [0.15, 0.2) is 71.8 Å². The highest BCUT2D eigenvalue weighted by atomic mass is 19.4. The van der Waals surface area contributed by atoms with Crippen LogP contribution >= 0.6 is 0 Å². The third-order valence-corrected chi connectivity index (χ3v) is 4.30. The standard InChI is InChI=1S/C20H14F3N3O2/c21-20(22,23)28-18-4-2-1-3-16(18)12-26-11-15(7-8-19(26)27)13-5-6-14-10-24-25-17(14)9-13/h1-11H,12H2,(H,24,25). The second-order valence-corrected chi connectivity index (χ2v) is 6.21. The topological polar surface area (TPSA) is 59.9 Å². The summed E-state index contributed by atoms with van der Waals surface area (Å²) in [5, 5.41) is 7.81. The number of hydrogen-bond donors (Lipinski definition) is 1. The van der Waals surface area contributed by atoms with Gasteiger partial charge in [-0.25, -0.2) is 0 Å². The number of H-pyrrole nitrogens is 1. The minimum Gasteiger partial charge on any atom is -0.405 e. The molecule has 0 saturated carbocycles. The minimum atomic E-state index is -4.80. The predicted octanol–water partition coefficient (Wildman–Crippen LogP) is 4.34. The third-order valence-electron chi connectivity index (χ3n) is 4.30. The van der Waals surface area contributed by atoms with Crippen LogP contribution in [0.25, 0.3) is 22.0 Å². The van der Waals surface area contributed by atoms with Gasteiger partial charge >= 0.3 is 6.36 Å². The van der Waals surface area contributed by atoms with Gasteiger partial charge < -0.3 is 9.30 Å². The Kier molecular flexibility index (Phi) is 4.38. The number of halogens is 3. The maximum absolute atomic E-state index is 12.6. The summed E-state index contributed by atoms with van der Waals surface area (Å²) in [4.78, 5) is 12.3. The molecule has 4 aromatic rings. The van der Waals surface area contributed by atoms with Gasteiger partial charge in [-0.2, -0.15) is 5.10 Å². The van der Waals surface area contributed by atoms with E-state index in [1.54, 1.807) is 24.5 Å². The van der Waals surface area contributed by atoms with Crippen LogP contribution in [0.5, 0.6) is 5.75 Å². The molecule has 142 valence electrons. The van der Waals surface area contributed by atoms with Crippen LogP contribution in [0.3, 0.4) is 0 Å². The van der Waals surface area contributed by atoms with E-state index in [2.05, 4.69) is 14.9 Å². The summed E-state index contributed by atoms with van der Waals surface area (Å²) in [6.45, 7) is -0.0504. The quantitative estimate of drug-likeness (QED) is 0.569. The Morgan fingerprint density at radius 2 is 1.82 bits per heavy atom. The number of nitrogens with zero attached hydrogens (tertiary/aromatic N) is 2. The highest BCUT2D eigenvalue weighted by molar-refractivity contribution is 5.83. The van der Waals surface area contributed by atoms with Crippen molar-refractivity contribution in [3.05, 3.63) is 82.9 Å². The lowest BCUT2D eigenvalue weighted by Gasteiger charge is -2.14. The van der Waals surface area contributed by atoms with Crippen LogP contribution in [-0.4, -0.2) is 21.1 Å².